The molecule has 0 unspecified atom stereocenters. The molecular formula is C24H28N2O2Si. The summed E-state index contributed by atoms with van der Waals surface area (Å²) in [5.74, 6) is 1.05. The van der Waals surface area contributed by atoms with Crippen LogP contribution in [0.25, 0.3) is 11.1 Å². The number of amides is 1. The van der Waals surface area contributed by atoms with E-state index in [1.54, 1.807) is 18.3 Å². The van der Waals surface area contributed by atoms with Crippen molar-refractivity contribution in [1.29, 1.82) is 0 Å². The summed E-state index contributed by atoms with van der Waals surface area (Å²) in [4.78, 5) is 17.0. The van der Waals surface area contributed by atoms with Crippen molar-refractivity contribution in [2.24, 2.45) is 0 Å². The van der Waals surface area contributed by atoms with Crippen molar-refractivity contribution >= 4 is 20.0 Å². The summed E-state index contributed by atoms with van der Waals surface area (Å²) in [6, 6.07) is 21.2. The third kappa shape index (κ3) is 5.12. The lowest BCUT2D eigenvalue weighted by Gasteiger charge is -2.36. The maximum atomic E-state index is 12.7. The van der Waals surface area contributed by atoms with Gasteiger partial charge >= 0.3 is 0 Å². The van der Waals surface area contributed by atoms with E-state index < -0.39 is 8.32 Å². The van der Waals surface area contributed by atoms with Gasteiger partial charge in [0.05, 0.1) is 6.20 Å². The van der Waals surface area contributed by atoms with E-state index in [4.69, 9.17) is 4.43 Å². The molecule has 5 heteroatoms. The van der Waals surface area contributed by atoms with Crippen LogP contribution in [-0.2, 0) is 0 Å². The van der Waals surface area contributed by atoms with Crippen LogP contribution in [0.15, 0.2) is 72.9 Å². The lowest BCUT2D eigenvalue weighted by molar-refractivity contribution is 0.102. The van der Waals surface area contributed by atoms with Gasteiger partial charge in [-0.05, 0) is 53.5 Å². The van der Waals surface area contributed by atoms with Crippen LogP contribution in [0.3, 0.4) is 0 Å². The second-order valence-electron chi connectivity index (χ2n) is 8.64. The van der Waals surface area contributed by atoms with Gasteiger partial charge in [-0.25, -0.2) is 4.98 Å². The van der Waals surface area contributed by atoms with Gasteiger partial charge in [-0.1, -0.05) is 63.2 Å². The first-order chi connectivity index (χ1) is 13.7. The Hall–Kier alpha value is -2.92. The van der Waals surface area contributed by atoms with Crippen molar-refractivity contribution in [3.8, 4) is 16.9 Å². The van der Waals surface area contributed by atoms with Gasteiger partial charge in [0, 0.05) is 5.56 Å². The summed E-state index contributed by atoms with van der Waals surface area (Å²) in [5, 5.41) is 2.98. The Labute approximate surface area is 174 Å². The van der Waals surface area contributed by atoms with E-state index in [9.17, 15) is 4.79 Å². The maximum Gasteiger partial charge on any atom is 0.256 e. The highest BCUT2D eigenvalue weighted by Crippen LogP contribution is 2.37. The minimum atomic E-state index is -1.91. The molecule has 29 heavy (non-hydrogen) atoms. The first kappa shape index (κ1) is 20.8. The summed E-state index contributed by atoms with van der Waals surface area (Å²) >= 11 is 0. The van der Waals surface area contributed by atoms with Crippen LogP contribution in [0.2, 0.25) is 18.1 Å². The molecule has 0 aliphatic heterocycles. The normalized spacial score (nSPS) is 11.8. The van der Waals surface area contributed by atoms with E-state index in [2.05, 4.69) is 44.2 Å². The highest BCUT2D eigenvalue weighted by Gasteiger charge is 2.39. The summed E-state index contributed by atoms with van der Waals surface area (Å²) in [6.07, 6.45) is 1.68. The van der Waals surface area contributed by atoms with Gasteiger partial charge in [0.25, 0.3) is 14.2 Å². The molecule has 0 saturated carbocycles. The predicted octanol–water partition coefficient (Wildman–Crippen LogP) is 6.38. The van der Waals surface area contributed by atoms with Crippen LogP contribution in [0.1, 0.15) is 31.1 Å². The third-order valence-corrected chi connectivity index (χ3v) is 9.75. The average Bonchev–Trinajstić information content (AvgIpc) is 2.69. The number of benzene rings is 2. The molecule has 0 aliphatic rings. The quantitative estimate of drug-likeness (QED) is 0.502. The second kappa shape index (κ2) is 8.21. The molecule has 0 fully saturated rings. The lowest BCUT2D eigenvalue weighted by Crippen LogP contribution is -2.43. The highest BCUT2D eigenvalue weighted by atomic mass is 28.4. The molecule has 0 bridgehead atoms. The van der Waals surface area contributed by atoms with Gasteiger partial charge in [-0.2, -0.15) is 0 Å². The summed E-state index contributed by atoms with van der Waals surface area (Å²) < 4.78 is 6.24. The first-order valence-electron chi connectivity index (χ1n) is 9.78. The lowest BCUT2D eigenvalue weighted by atomic mass is 10.0. The molecular weight excluding hydrogens is 376 g/mol. The smallest absolute Gasteiger partial charge is 0.256 e. The van der Waals surface area contributed by atoms with Crippen molar-refractivity contribution in [1.82, 2.24) is 4.98 Å². The van der Waals surface area contributed by atoms with Crippen LogP contribution in [0.4, 0.5) is 5.82 Å². The second-order valence-corrected chi connectivity index (χ2v) is 13.4. The molecule has 2 aromatic carbocycles. The zero-order valence-electron chi connectivity index (χ0n) is 17.7. The van der Waals surface area contributed by atoms with E-state index in [-0.39, 0.29) is 10.9 Å². The van der Waals surface area contributed by atoms with Gasteiger partial charge in [0.1, 0.15) is 11.6 Å². The summed E-state index contributed by atoms with van der Waals surface area (Å²) in [6.45, 7) is 11.0. The Bertz CT molecular complexity index is 978. The van der Waals surface area contributed by atoms with Crippen molar-refractivity contribution in [2.75, 3.05) is 5.32 Å². The molecule has 0 aliphatic carbocycles. The largest absolute Gasteiger partial charge is 0.542 e. The molecule has 0 radical (unpaired) electrons. The number of hydrogen-bond acceptors (Lipinski definition) is 3. The third-order valence-electron chi connectivity index (χ3n) is 5.39. The Morgan fingerprint density at radius 3 is 2.24 bits per heavy atom. The fraction of sp³-hybridized carbons (Fsp3) is 0.250. The molecule has 1 amide bonds. The Kier molecular flexibility index (Phi) is 5.89. The number of nitrogens with one attached hydrogen (secondary N) is 1. The number of hydrogen-bond donors (Lipinski definition) is 1. The first-order valence-corrected chi connectivity index (χ1v) is 12.7. The molecule has 0 saturated heterocycles. The molecule has 3 rings (SSSR count). The topological polar surface area (TPSA) is 51.2 Å². The van der Waals surface area contributed by atoms with Gasteiger partial charge < -0.3 is 9.74 Å². The monoisotopic (exact) mass is 404 g/mol. The van der Waals surface area contributed by atoms with Crippen molar-refractivity contribution in [3.05, 3.63) is 78.5 Å². The van der Waals surface area contributed by atoms with Crippen LogP contribution in [-0.4, -0.2) is 19.2 Å². The number of anilines is 1. The minimum absolute atomic E-state index is 0.115. The number of nitrogens with zero attached hydrogens (tertiary/aromatic N) is 1. The fourth-order valence-corrected chi connectivity index (χ4v) is 3.64. The molecule has 150 valence electrons. The molecule has 0 atom stereocenters. The predicted molar refractivity (Wildman–Crippen MR) is 122 cm³/mol. The van der Waals surface area contributed by atoms with E-state index in [1.807, 2.05) is 54.6 Å². The van der Waals surface area contributed by atoms with Gasteiger partial charge in [-0.3, -0.25) is 4.79 Å². The molecule has 1 aromatic heterocycles. The van der Waals surface area contributed by atoms with Crippen LogP contribution >= 0.6 is 0 Å². The fourth-order valence-electron chi connectivity index (χ4n) is 2.62. The minimum Gasteiger partial charge on any atom is -0.542 e. The zero-order chi connectivity index (χ0) is 21.1. The summed E-state index contributed by atoms with van der Waals surface area (Å²) in [7, 11) is -1.91. The van der Waals surface area contributed by atoms with E-state index in [0.29, 0.717) is 11.4 Å². The van der Waals surface area contributed by atoms with Crippen molar-refractivity contribution < 1.29 is 9.22 Å². The number of rotatable bonds is 5. The Morgan fingerprint density at radius 1 is 0.931 bits per heavy atom. The van der Waals surface area contributed by atoms with E-state index >= 15 is 0 Å². The SMILES string of the molecule is CC(C)(C)[Si](C)(C)Oc1ccc(NC(=O)c2cccc(-c3ccccc3)c2)nc1. The van der Waals surface area contributed by atoms with E-state index in [0.717, 1.165) is 16.9 Å². The van der Waals surface area contributed by atoms with Crippen molar-refractivity contribution in [3.63, 3.8) is 0 Å². The van der Waals surface area contributed by atoms with Crippen LogP contribution < -0.4 is 9.74 Å². The van der Waals surface area contributed by atoms with Crippen LogP contribution in [0, 0.1) is 0 Å². The van der Waals surface area contributed by atoms with Gasteiger partial charge in [0.15, 0.2) is 0 Å². The molecule has 1 heterocycles. The maximum absolute atomic E-state index is 12.7. The molecule has 4 nitrogen and oxygen atoms in total. The standard InChI is InChI=1S/C24H28N2O2Si/c1-24(2,3)29(4,5)28-21-14-15-22(25-17-21)26-23(27)20-13-9-12-19(16-20)18-10-7-6-8-11-18/h6-17H,1-5H3,(H,25,26,27). The van der Waals surface area contributed by atoms with E-state index in [1.165, 1.54) is 0 Å². The average molecular weight is 405 g/mol. The van der Waals surface area contributed by atoms with Gasteiger partial charge in [0.2, 0.25) is 0 Å². The zero-order valence-corrected chi connectivity index (χ0v) is 18.7. The Balaban J connectivity index is 1.70. The Morgan fingerprint density at radius 2 is 1.62 bits per heavy atom. The number of aromatic nitrogens is 1. The van der Waals surface area contributed by atoms with Crippen molar-refractivity contribution in [2.45, 2.75) is 38.9 Å². The molecule has 1 N–H and O–H groups in total. The molecule has 3 aromatic rings. The van der Waals surface area contributed by atoms with Crippen LogP contribution in [0.5, 0.6) is 5.75 Å². The number of carbonyl (C=O) groups excluding carboxylic acids is 1. The highest BCUT2D eigenvalue weighted by molar-refractivity contribution is 6.74. The van der Waals surface area contributed by atoms with Gasteiger partial charge in [-0.15, -0.1) is 0 Å². The molecule has 0 spiro atoms. The summed E-state index contributed by atoms with van der Waals surface area (Å²) in [5.41, 5.74) is 2.67. The number of carbonyl (C=O) groups is 1. The number of pyridine rings is 1.